The molecule has 0 radical (unpaired) electrons. The van der Waals surface area contributed by atoms with Crippen molar-refractivity contribution in [3.63, 3.8) is 0 Å². The summed E-state index contributed by atoms with van der Waals surface area (Å²) in [5.41, 5.74) is 0.960. The van der Waals surface area contributed by atoms with Gasteiger partial charge < -0.3 is 14.8 Å². The van der Waals surface area contributed by atoms with Gasteiger partial charge in [0.2, 0.25) is 0 Å². The Hall–Kier alpha value is -2.77. The van der Waals surface area contributed by atoms with Gasteiger partial charge in [0, 0.05) is 0 Å². The second-order valence-electron chi connectivity index (χ2n) is 4.82. The Balaban J connectivity index is 1.69. The molecule has 8 nitrogen and oxygen atoms in total. The topological polar surface area (TPSA) is 101 Å². The summed E-state index contributed by atoms with van der Waals surface area (Å²) in [5.74, 6) is 1.81. The Labute approximate surface area is 127 Å². The number of hydrogen-bond donors (Lipinski definition) is 3. The number of ether oxygens (including phenoxy) is 2. The van der Waals surface area contributed by atoms with E-state index in [2.05, 4.69) is 26.0 Å². The molecule has 1 aromatic carbocycles. The third kappa shape index (κ3) is 3.11. The lowest BCUT2D eigenvalue weighted by Crippen LogP contribution is -2.32. The highest BCUT2D eigenvalue weighted by molar-refractivity contribution is 5.88. The zero-order valence-electron chi connectivity index (χ0n) is 12.1. The minimum Gasteiger partial charge on any atom is -0.486 e. The number of hydrogen-bond acceptors (Lipinski definition) is 5. The summed E-state index contributed by atoms with van der Waals surface area (Å²) in [6.07, 6.45) is 2.18. The molecule has 1 aliphatic heterocycles. The number of urea groups is 1. The summed E-state index contributed by atoms with van der Waals surface area (Å²) < 4.78 is 11.1. The fourth-order valence-corrected chi connectivity index (χ4v) is 2.27. The van der Waals surface area contributed by atoms with Crippen LogP contribution in [0, 0.1) is 0 Å². The maximum absolute atomic E-state index is 12.0. The molecule has 1 unspecified atom stereocenters. The molecule has 1 atom stereocenters. The lowest BCUT2D eigenvalue weighted by Gasteiger charge is -2.22. The number of carbonyl (C=O) groups is 1. The van der Waals surface area contributed by atoms with E-state index in [-0.39, 0.29) is 12.1 Å². The molecule has 2 amide bonds. The highest BCUT2D eigenvalue weighted by atomic mass is 16.6. The molecule has 0 saturated carbocycles. The number of rotatable bonds is 4. The van der Waals surface area contributed by atoms with Crippen LogP contribution in [0.2, 0.25) is 0 Å². The minimum absolute atomic E-state index is 0.136. The Morgan fingerprint density at radius 3 is 2.91 bits per heavy atom. The molecule has 0 bridgehead atoms. The molecule has 1 aromatic heterocycles. The van der Waals surface area contributed by atoms with Crippen molar-refractivity contribution < 1.29 is 14.3 Å². The van der Waals surface area contributed by atoms with E-state index in [0.717, 1.165) is 17.7 Å². The number of H-pyrrole nitrogens is 1. The van der Waals surface area contributed by atoms with Gasteiger partial charge >= 0.3 is 6.03 Å². The van der Waals surface area contributed by atoms with Crippen LogP contribution >= 0.6 is 0 Å². The number of amides is 2. The molecule has 0 aliphatic carbocycles. The molecule has 8 heteroatoms. The second kappa shape index (κ2) is 6.33. The number of anilines is 1. The fourth-order valence-electron chi connectivity index (χ4n) is 2.27. The van der Waals surface area contributed by atoms with Gasteiger partial charge in [-0.15, -0.1) is 5.10 Å². The number of benzene rings is 1. The first-order valence-electron chi connectivity index (χ1n) is 7.09. The van der Waals surface area contributed by atoms with Gasteiger partial charge in [0.05, 0.1) is 12.2 Å². The predicted octanol–water partition coefficient (Wildman–Crippen LogP) is 1.85. The Morgan fingerprint density at radius 1 is 1.36 bits per heavy atom. The number of aromatic nitrogens is 3. The van der Waals surface area contributed by atoms with Crippen molar-refractivity contribution in [3.8, 4) is 11.5 Å². The van der Waals surface area contributed by atoms with Gasteiger partial charge in [-0.05, 0) is 24.1 Å². The molecule has 0 fully saturated rings. The van der Waals surface area contributed by atoms with Gasteiger partial charge in [0.1, 0.15) is 13.2 Å². The van der Waals surface area contributed by atoms with E-state index in [4.69, 9.17) is 9.47 Å². The Kier molecular flexibility index (Phi) is 4.08. The lowest BCUT2D eigenvalue weighted by molar-refractivity contribution is 0.171. The normalized spacial score (nSPS) is 14.2. The summed E-state index contributed by atoms with van der Waals surface area (Å²) in [6, 6.07) is 5.22. The first-order valence-corrected chi connectivity index (χ1v) is 7.09. The van der Waals surface area contributed by atoms with E-state index in [9.17, 15) is 4.79 Å². The average Bonchev–Trinajstić information content (AvgIpc) is 3.05. The summed E-state index contributed by atoms with van der Waals surface area (Å²) in [7, 11) is 0. The molecule has 0 saturated heterocycles. The Bertz CT molecular complexity index is 644. The standard InChI is InChI=1S/C14H17N5O3/c1-2-10(16-14(20)17-13-8-15-19-18-13)9-3-4-11-12(7-9)22-6-5-21-11/h3-4,7-8,10H,2,5-6H2,1H3,(H3,15,16,17,18,19,20). The van der Waals surface area contributed by atoms with E-state index in [0.29, 0.717) is 24.8 Å². The van der Waals surface area contributed by atoms with Gasteiger partial charge in [-0.25, -0.2) is 4.79 Å². The van der Waals surface area contributed by atoms with Gasteiger partial charge in [-0.2, -0.15) is 10.3 Å². The molecular weight excluding hydrogens is 286 g/mol. The zero-order valence-corrected chi connectivity index (χ0v) is 12.1. The SMILES string of the molecule is CCC(NC(=O)Nc1cn[nH]n1)c1ccc2c(c1)OCCO2. The van der Waals surface area contributed by atoms with E-state index in [1.54, 1.807) is 0 Å². The Morgan fingerprint density at radius 2 is 2.18 bits per heavy atom. The van der Waals surface area contributed by atoms with E-state index >= 15 is 0 Å². The number of nitrogens with one attached hydrogen (secondary N) is 3. The van der Waals surface area contributed by atoms with Crippen LogP contribution in [0.25, 0.3) is 0 Å². The van der Waals surface area contributed by atoms with Crippen molar-refractivity contribution >= 4 is 11.8 Å². The molecule has 0 spiro atoms. The highest BCUT2D eigenvalue weighted by Crippen LogP contribution is 2.33. The highest BCUT2D eigenvalue weighted by Gasteiger charge is 2.17. The number of aromatic amines is 1. The molecule has 1 aliphatic rings. The van der Waals surface area contributed by atoms with Crippen LogP contribution in [0.15, 0.2) is 24.4 Å². The average molecular weight is 303 g/mol. The zero-order chi connectivity index (χ0) is 15.4. The first-order chi connectivity index (χ1) is 10.8. The molecular formula is C14H17N5O3. The second-order valence-corrected chi connectivity index (χ2v) is 4.82. The van der Waals surface area contributed by atoms with Crippen LogP contribution in [0.1, 0.15) is 24.9 Å². The number of fused-ring (bicyclic) bond motifs is 1. The van der Waals surface area contributed by atoms with E-state index < -0.39 is 0 Å². The lowest BCUT2D eigenvalue weighted by atomic mass is 10.0. The maximum Gasteiger partial charge on any atom is 0.320 e. The van der Waals surface area contributed by atoms with Crippen LogP contribution in [-0.2, 0) is 0 Å². The quantitative estimate of drug-likeness (QED) is 0.800. The maximum atomic E-state index is 12.0. The first kappa shape index (κ1) is 14.2. The van der Waals surface area contributed by atoms with Crippen LogP contribution in [0.3, 0.4) is 0 Å². The van der Waals surface area contributed by atoms with Gasteiger partial charge in [0.15, 0.2) is 17.3 Å². The van der Waals surface area contributed by atoms with Gasteiger partial charge in [-0.1, -0.05) is 13.0 Å². The number of carbonyl (C=O) groups excluding carboxylic acids is 1. The van der Waals surface area contributed by atoms with E-state index in [1.165, 1.54) is 6.20 Å². The van der Waals surface area contributed by atoms with Crippen LogP contribution < -0.4 is 20.1 Å². The monoisotopic (exact) mass is 303 g/mol. The third-order valence-electron chi connectivity index (χ3n) is 3.34. The van der Waals surface area contributed by atoms with Gasteiger partial charge in [-0.3, -0.25) is 5.32 Å². The van der Waals surface area contributed by atoms with E-state index in [1.807, 2.05) is 25.1 Å². The molecule has 22 heavy (non-hydrogen) atoms. The molecule has 116 valence electrons. The van der Waals surface area contributed by atoms with Crippen molar-refractivity contribution in [1.29, 1.82) is 0 Å². The summed E-state index contributed by atoms with van der Waals surface area (Å²) in [4.78, 5) is 12.0. The van der Waals surface area contributed by atoms with Crippen molar-refractivity contribution in [3.05, 3.63) is 30.0 Å². The third-order valence-corrected chi connectivity index (χ3v) is 3.34. The van der Waals surface area contributed by atoms with Crippen molar-refractivity contribution in [2.45, 2.75) is 19.4 Å². The fraction of sp³-hybridized carbons (Fsp3) is 0.357. The molecule has 3 N–H and O–H groups in total. The predicted molar refractivity (Wildman–Crippen MR) is 79.0 cm³/mol. The van der Waals surface area contributed by atoms with Crippen LogP contribution in [0.4, 0.5) is 10.6 Å². The van der Waals surface area contributed by atoms with Crippen LogP contribution in [-0.4, -0.2) is 34.7 Å². The summed E-state index contributed by atoms with van der Waals surface area (Å²) in [6.45, 7) is 3.09. The minimum atomic E-state index is -0.337. The molecule has 3 rings (SSSR count). The van der Waals surface area contributed by atoms with Gasteiger partial charge in [0.25, 0.3) is 0 Å². The van der Waals surface area contributed by atoms with Crippen LogP contribution in [0.5, 0.6) is 11.5 Å². The van der Waals surface area contributed by atoms with Crippen molar-refractivity contribution in [1.82, 2.24) is 20.7 Å². The number of nitrogens with zero attached hydrogens (tertiary/aromatic N) is 2. The molecule has 2 aromatic rings. The largest absolute Gasteiger partial charge is 0.486 e. The smallest absolute Gasteiger partial charge is 0.320 e. The summed E-state index contributed by atoms with van der Waals surface area (Å²) >= 11 is 0. The summed E-state index contributed by atoms with van der Waals surface area (Å²) in [5, 5.41) is 15.4. The molecule has 2 heterocycles. The van der Waals surface area contributed by atoms with Crippen molar-refractivity contribution in [2.75, 3.05) is 18.5 Å². The van der Waals surface area contributed by atoms with Crippen molar-refractivity contribution in [2.24, 2.45) is 0 Å².